The zero-order chi connectivity index (χ0) is 11.4. The number of nitrogens with zero attached hydrogens (tertiary/aromatic N) is 2. The number of nitrogens with one attached hydrogen (secondary N) is 1. The van der Waals surface area contributed by atoms with Gasteiger partial charge in [0, 0.05) is 45.8 Å². The maximum absolute atomic E-state index is 3.41. The standard InChI is InChI=1S/C13H27N3/c1-13(2)4-3-7-16(12-13)11-10-15-8-5-14-6-9-15/h14H,3-12H2,1-2H3. The molecular weight excluding hydrogens is 198 g/mol. The molecule has 3 heteroatoms. The molecule has 16 heavy (non-hydrogen) atoms. The van der Waals surface area contributed by atoms with Crippen LogP contribution in [0, 0.1) is 5.41 Å². The molecule has 0 aromatic carbocycles. The molecule has 0 saturated carbocycles. The number of piperazine rings is 1. The Balaban J connectivity index is 1.68. The van der Waals surface area contributed by atoms with Crippen LogP contribution in [0.1, 0.15) is 26.7 Å². The van der Waals surface area contributed by atoms with Crippen molar-refractivity contribution in [2.75, 3.05) is 52.4 Å². The first-order valence-electron chi connectivity index (χ1n) is 6.81. The minimum atomic E-state index is 0.543. The van der Waals surface area contributed by atoms with Crippen LogP contribution in [0.25, 0.3) is 0 Å². The molecular formula is C13H27N3. The van der Waals surface area contributed by atoms with Gasteiger partial charge in [-0.2, -0.15) is 0 Å². The molecule has 2 aliphatic heterocycles. The molecule has 2 saturated heterocycles. The number of hydrogen-bond donors (Lipinski definition) is 1. The number of hydrogen-bond acceptors (Lipinski definition) is 3. The molecule has 3 nitrogen and oxygen atoms in total. The zero-order valence-corrected chi connectivity index (χ0v) is 11.0. The molecule has 2 heterocycles. The summed E-state index contributed by atoms with van der Waals surface area (Å²) in [4.78, 5) is 5.25. The van der Waals surface area contributed by atoms with Gasteiger partial charge in [0.1, 0.15) is 0 Å². The highest BCUT2D eigenvalue weighted by atomic mass is 15.2. The van der Waals surface area contributed by atoms with Crippen molar-refractivity contribution in [1.82, 2.24) is 15.1 Å². The van der Waals surface area contributed by atoms with Gasteiger partial charge < -0.3 is 10.2 Å². The monoisotopic (exact) mass is 225 g/mol. The fourth-order valence-electron chi connectivity index (χ4n) is 2.95. The highest BCUT2D eigenvalue weighted by molar-refractivity contribution is 4.80. The Morgan fingerprint density at radius 3 is 2.38 bits per heavy atom. The van der Waals surface area contributed by atoms with Crippen molar-refractivity contribution in [3.8, 4) is 0 Å². The van der Waals surface area contributed by atoms with Gasteiger partial charge in [-0.05, 0) is 24.8 Å². The van der Waals surface area contributed by atoms with Gasteiger partial charge in [-0.3, -0.25) is 4.90 Å². The molecule has 2 fully saturated rings. The molecule has 0 aromatic heterocycles. The zero-order valence-electron chi connectivity index (χ0n) is 11.0. The van der Waals surface area contributed by atoms with E-state index < -0.39 is 0 Å². The van der Waals surface area contributed by atoms with Gasteiger partial charge in [0.05, 0.1) is 0 Å². The third-order valence-corrected chi connectivity index (χ3v) is 3.92. The van der Waals surface area contributed by atoms with Crippen molar-refractivity contribution < 1.29 is 0 Å². The van der Waals surface area contributed by atoms with Crippen LogP contribution in [-0.2, 0) is 0 Å². The molecule has 0 atom stereocenters. The average Bonchev–Trinajstić information content (AvgIpc) is 2.27. The van der Waals surface area contributed by atoms with Crippen LogP contribution in [0.4, 0.5) is 0 Å². The van der Waals surface area contributed by atoms with E-state index in [0.717, 1.165) is 0 Å². The second kappa shape index (κ2) is 5.48. The normalized spacial score (nSPS) is 28.1. The van der Waals surface area contributed by atoms with Gasteiger partial charge in [0.15, 0.2) is 0 Å². The van der Waals surface area contributed by atoms with Crippen LogP contribution in [-0.4, -0.2) is 62.2 Å². The Morgan fingerprint density at radius 1 is 1.00 bits per heavy atom. The molecule has 0 bridgehead atoms. The summed E-state index contributed by atoms with van der Waals surface area (Å²) in [7, 11) is 0. The van der Waals surface area contributed by atoms with Gasteiger partial charge in [-0.15, -0.1) is 0 Å². The second-order valence-electron chi connectivity index (χ2n) is 6.14. The van der Waals surface area contributed by atoms with Crippen LogP contribution >= 0.6 is 0 Å². The smallest absolute Gasteiger partial charge is 0.0110 e. The Hall–Kier alpha value is -0.120. The summed E-state index contributed by atoms with van der Waals surface area (Å²) in [5.41, 5.74) is 0.543. The molecule has 0 unspecified atom stereocenters. The highest BCUT2D eigenvalue weighted by Gasteiger charge is 2.26. The molecule has 2 rings (SSSR count). The van der Waals surface area contributed by atoms with E-state index in [1.54, 1.807) is 0 Å². The number of piperidine rings is 1. The van der Waals surface area contributed by atoms with Crippen LogP contribution in [0.2, 0.25) is 0 Å². The molecule has 0 aliphatic carbocycles. The minimum absolute atomic E-state index is 0.543. The fraction of sp³-hybridized carbons (Fsp3) is 1.00. The van der Waals surface area contributed by atoms with E-state index in [1.165, 1.54) is 65.2 Å². The van der Waals surface area contributed by atoms with E-state index in [0.29, 0.717) is 5.41 Å². The molecule has 0 amide bonds. The number of likely N-dealkylation sites (tertiary alicyclic amines) is 1. The lowest BCUT2D eigenvalue weighted by molar-refractivity contribution is 0.101. The van der Waals surface area contributed by atoms with E-state index in [2.05, 4.69) is 29.0 Å². The Morgan fingerprint density at radius 2 is 1.69 bits per heavy atom. The minimum Gasteiger partial charge on any atom is -0.314 e. The van der Waals surface area contributed by atoms with Crippen molar-refractivity contribution >= 4 is 0 Å². The van der Waals surface area contributed by atoms with Crippen molar-refractivity contribution in [3.63, 3.8) is 0 Å². The van der Waals surface area contributed by atoms with Gasteiger partial charge in [-0.25, -0.2) is 0 Å². The van der Waals surface area contributed by atoms with Crippen molar-refractivity contribution in [2.24, 2.45) is 5.41 Å². The lowest BCUT2D eigenvalue weighted by atomic mass is 9.84. The average molecular weight is 225 g/mol. The van der Waals surface area contributed by atoms with Gasteiger partial charge in [0.25, 0.3) is 0 Å². The lowest BCUT2D eigenvalue weighted by Gasteiger charge is -2.39. The maximum atomic E-state index is 3.41. The fourth-order valence-corrected chi connectivity index (χ4v) is 2.95. The van der Waals surface area contributed by atoms with Gasteiger partial charge >= 0.3 is 0 Å². The van der Waals surface area contributed by atoms with E-state index >= 15 is 0 Å². The van der Waals surface area contributed by atoms with Gasteiger partial charge in [0.2, 0.25) is 0 Å². The molecule has 0 radical (unpaired) electrons. The topological polar surface area (TPSA) is 18.5 Å². The lowest BCUT2D eigenvalue weighted by Crippen LogP contribution is -2.48. The Kier molecular flexibility index (Phi) is 4.22. The quantitative estimate of drug-likeness (QED) is 0.773. The summed E-state index contributed by atoms with van der Waals surface area (Å²) >= 11 is 0. The third kappa shape index (κ3) is 3.72. The second-order valence-corrected chi connectivity index (χ2v) is 6.14. The SMILES string of the molecule is CC1(C)CCCN(CCN2CCNCC2)C1. The Bertz CT molecular complexity index is 209. The van der Waals surface area contributed by atoms with E-state index in [1.807, 2.05) is 0 Å². The van der Waals surface area contributed by atoms with Crippen LogP contribution in [0.15, 0.2) is 0 Å². The molecule has 0 aromatic rings. The first-order chi connectivity index (χ1) is 7.66. The van der Waals surface area contributed by atoms with Crippen LogP contribution < -0.4 is 5.32 Å². The summed E-state index contributed by atoms with van der Waals surface area (Å²) in [6.07, 6.45) is 2.78. The number of rotatable bonds is 3. The molecule has 0 spiro atoms. The Labute approximate surface area is 100 Å². The van der Waals surface area contributed by atoms with E-state index in [-0.39, 0.29) is 0 Å². The summed E-state index contributed by atoms with van der Waals surface area (Å²) in [5, 5.41) is 3.41. The summed E-state index contributed by atoms with van der Waals surface area (Å²) < 4.78 is 0. The summed E-state index contributed by atoms with van der Waals surface area (Å²) in [6.45, 7) is 14.8. The van der Waals surface area contributed by atoms with E-state index in [9.17, 15) is 0 Å². The first-order valence-corrected chi connectivity index (χ1v) is 6.81. The summed E-state index contributed by atoms with van der Waals surface area (Å²) in [6, 6.07) is 0. The maximum Gasteiger partial charge on any atom is 0.0110 e. The van der Waals surface area contributed by atoms with E-state index in [4.69, 9.17) is 0 Å². The van der Waals surface area contributed by atoms with Crippen molar-refractivity contribution in [2.45, 2.75) is 26.7 Å². The van der Waals surface area contributed by atoms with Crippen molar-refractivity contribution in [3.05, 3.63) is 0 Å². The highest BCUT2D eigenvalue weighted by Crippen LogP contribution is 2.27. The third-order valence-electron chi connectivity index (χ3n) is 3.92. The summed E-state index contributed by atoms with van der Waals surface area (Å²) in [5.74, 6) is 0. The largest absolute Gasteiger partial charge is 0.314 e. The molecule has 94 valence electrons. The predicted molar refractivity (Wildman–Crippen MR) is 68.8 cm³/mol. The van der Waals surface area contributed by atoms with Crippen LogP contribution in [0.5, 0.6) is 0 Å². The molecule has 1 N–H and O–H groups in total. The first kappa shape index (κ1) is 12.3. The molecule has 2 aliphatic rings. The predicted octanol–water partition coefficient (Wildman–Crippen LogP) is 1.01. The van der Waals surface area contributed by atoms with Gasteiger partial charge in [-0.1, -0.05) is 13.8 Å². The van der Waals surface area contributed by atoms with Crippen molar-refractivity contribution in [1.29, 1.82) is 0 Å². The van der Waals surface area contributed by atoms with Crippen LogP contribution in [0.3, 0.4) is 0 Å².